The van der Waals surface area contributed by atoms with E-state index >= 15 is 0 Å². The lowest BCUT2D eigenvalue weighted by atomic mass is 9.85. The number of carbonyl (C=O) groups excluding carboxylic acids is 1. The Labute approximate surface area is 113 Å². The molecule has 1 unspecified atom stereocenters. The third-order valence-corrected chi connectivity index (χ3v) is 3.63. The smallest absolute Gasteiger partial charge is 0.246 e. The van der Waals surface area contributed by atoms with Crippen LogP contribution in [0.1, 0.15) is 50.2 Å². The van der Waals surface area contributed by atoms with E-state index in [0.29, 0.717) is 17.6 Å². The Bertz CT molecular complexity index is 413. The molecule has 1 fully saturated rings. The molecule has 1 heterocycles. The van der Waals surface area contributed by atoms with Gasteiger partial charge < -0.3 is 15.6 Å². The molecular formula is C13H22N4O2. The zero-order valence-corrected chi connectivity index (χ0v) is 11.4. The second kappa shape index (κ2) is 6.65. The number of carbonyl (C=O) groups is 1. The van der Waals surface area contributed by atoms with Crippen molar-refractivity contribution in [2.75, 3.05) is 0 Å². The van der Waals surface area contributed by atoms with Gasteiger partial charge in [0.25, 0.3) is 0 Å². The summed E-state index contributed by atoms with van der Waals surface area (Å²) < 4.78 is 4.93. The zero-order valence-electron chi connectivity index (χ0n) is 11.4. The normalized spacial score (nSPS) is 18.2. The molecule has 0 saturated heterocycles. The Morgan fingerprint density at radius 2 is 2.21 bits per heavy atom. The molecule has 0 aliphatic heterocycles. The molecule has 6 heteroatoms. The monoisotopic (exact) mass is 266 g/mol. The number of hydrogen-bond donors (Lipinski definition) is 2. The molecule has 1 atom stereocenters. The number of aryl methyl sites for hydroxylation is 1. The molecule has 0 aromatic carbocycles. The summed E-state index contributed by atoms with van der Waals surface area (Å²) in [6.45, 7) is 1.99. The molecule has 1 aromatic rings. The van der Waals surface area contributed by atoms with E-state index in [1.54, 1.807) is 6.92 Å². The maximum Gasteiger partial charge on any atom is 0.246 e. The number of rotatable bonds is 5. The van der Waals surface area contributed by atoms with Crippen molar-refractivity contribution in [3.63, 3.8) is 0 Å². The average Bonchev–Trinajstić information content (AvgIpc) is 2.83. The van der Waals surface area contributed by atoms with Gasteiger partial charge in [-0.25, -0.2) is 0 Å². The minimum atomic E-state index is -0.438. The summed E-state index contributed by atoms with van der Waals surface area (Å²) in [7, 11) is 0. The number of nitrogens with two attached hydrogens (primary N) is 1. The van der Waals surface area contributed by atoms with Crippen molar-refractivity contribution in [1.82, 2.24) is 15.5 Å². The minimum absolute atomic E-state index is 0.138. The van der Waals surface area contributed by atoms with E-state index in [1.807, 2.05) is 0 Å². The predicted octanol–water partition coefficient (Wildman–Crippen LogP) is 1.29. The molecule has 1 amide bonds. The standard InChI is InChI=1S/C13H22N4O2/c1-9-16-12(19-17-9)8-15-13(18)11(14)7-10-5-3-2-4-6-10/h10-11H,2-8,14H2,1H3,(H,15,18). The molecule has 3 N–H and O–H groups in total. The van der Waals surface area contributed by atoms with Crippen LogP contribution in [0.2, 0.25) is 0 Å². The highest BCUT2D eigenvalue weighted by atomic mass is 16.5. The fraction of sp³-hybridized carbons (Fsp3) is 0.769. The van der Waals surface area contributed by atoms with E-state index in [4.69, 9.17) is 10.3 Å². The Morgan fingerprint density at radius 1 is 1.47 bits per heavy atom. The van der Waals surface area contributed by atoms with Crippen LogP contribution in [0.4, 0.5) is 0 Å². The summed E-state index contributed by atoms with van der Waals surface area (Å²) in [6.07, 6.45) is 7.01. The van der Waals surface area contributed by atoms with Gasteiger partial charge in [-0.2, -0.15) is 4.98 Å². The van der Waals surface area contributed by atoms with Crippen LogP contribution >= 0.6 is 0 Å². The number of amides is 1. The SMILES string of the molecule is Cc1noc(CNC(=O)C(N)CC2CCCCC2)n1. The summed E-state index contributed by atoms with van der Waals surface area (Å²) in [6, 6.07) is -0.438. The van der Waals surface area contributed by atoms with E-state index in [9.17, 15) is 4.79 Å². The largest absolute Gasteiger partial charge is 0.346 e. The van der Waals surface area contributed by atoms with Gasteiger partial charge in [0.05, 0.1) is 12.6 Å². The average molecular weight is 266 g/mol. The van der Waals surface area contributed by atoms with Gasteiger partial charge >= 0.3 is 0 Å². The second-order valence-corrected chi connectivity index (χ2v) is 5.30. The molecule has 1 aromatic heterocycles. The van der Waals surface area contributed by atoms with Gasteiger partial charge in [-0.15, -0.1) is 0 Å². The van der Waals surface area contributed by atoms with E-state index in [1.165, 1.54) is 32.1 Å². The van der Waals surface area contributed by atoms with Crippen molar-refractivity contribution in [2.45, 2.75) is 58.0 Å². The van der Waals surface area contributed by atoms with Gasteiger partial charge in [0.2, 0.25) is 11.8 Å². The number of nitrogens with zero attached hydrogens (tertiary/aromatic N) is 2. The van der Waals surface area contributed by atoms with Crippen molar-refractivity contribution in [1.29, 1.82) is 0 Å². The highest BCUT2D eigenvalue weighted by molar-refractivity contribution is 5.81. The van der Waals surface area contributed by atoms with Crippen LogP contribution in [0.15, 0.2) is 4.52 Å². The predicted molar refractivity (Wildman–Crippen MR) is 70.0 cm³/mol. The number of aromatic nitrogens is 2. The summed E-state index contributed by atoms with van der Waals surface area (Å²) in [5.74, 6) is 1.44. The maximum atomic E-state index is 11.9. The third-order valence-electron chi connectivity index (χ3n) is 3.63. The molecule has 19 heavy (non-hydrogen) atoms. The van der Waals surface area contributed by atoms with Crippen LogP contribution in [0.25, 0.3) is 0 Å². The fourth-order valence-electron chi connectivity index (χ4n) is 2.59. The first-order valence-corrected chi connectivity index (χ1v) is 6.97. The summed E-state index contributed by atoms with van der Waals surface area (Å²) in [4.78, 5) is 15.9. The molecule has 0 radical (unpaired) electrons. The quantitative estimate of drug-likeness (QED) is 0.837. The van der Waals surface area contributed by atoms with Crippen LogP contribution < -0.4 is 11.1 Å². The molecular weight excluding hydrogens is 244 g/mol. The lowest BCUT2D eigenvalue weighted by molar-refractivity contribution is -0.123. The van der Waals surface area contributed by atoms with E-state index in [2.05, 4.69) is 15.5 Å². The van der Waals surface area contributed by atoms with E-state index in [0.717, 1.165) is 6.42 Å². The summed E-state index contributed by atoms with van der Waals surface area (Å²) in [5, 5.41) is 6.41. The third kappa shape index (κ3) is 4.31. The van der Waals surface area contributed by atoms with Gasteiger partial charge in [0.15, 0.2) is 5.82 Å². The molecule has 1 aliphatic rings. The number of nitrogens with one attached hydrogen (secondary N) is 1. The number of hydrogen-bond acceptors (Lipinski definition) is 5. The molecule has 1 aliphatic carbocycles. The molecule has 0 bridgehead atoms. The van der Waals surface area contributed by atoms with Crippen molar-refractivity contribution in [2.24, 2.45) is 11.7 Å². The van der Waals surface area contributed by atoms with Crippen molar-refractivity contribution in [3.05, 3.63) is 11.7 Å². The summed E-state index contributed by atoms with van der Waals surface area (Å²) in [5.41, 5.74) is 5.94. The highest BCUT2D eigenvalue weighted by Gasteiger charge is 2.21. The van der Waals surface area contributed by atoms with Crippen LogP contribution in [0.3, 0.4) is 0 Å². The van der Waals surface area contributed by atoms with Gasteiger partial charge in [0, 0.05) is 0 Å². The first-order chi connectivity index (χ1) is 9.15. The van der Waals surface area contributed by atoms with Crippen LogP contribution in [-0.4, -0.2) is 22.1 Å². The van der Waals surface area contributed by atoms with E-state index < -0.39 is 6.04 Å². The van der Waals surface area contributed by atoms with Crippen molar-refractivity contribution < 1.29 is 9.32 Å². The minimum Gasteiger partial charge on any atom is -0.346 e. The Balaban J connectivity index is 1.72. The first-order valence-electron chi connectivity index (χ1n) is 6.97. The Kier molecular flexibility index (Phi) is 4.90. The Morgan fingerprint density at radius 3 is 2.84 bits per heavy atom. The fourth-order valence-corrected chi connectivity index (χ4v) is 2.59. The second-order valence-electron chi connectivity index (χ2n) is 5.30. The Hall–Kier alpha value is -1.43. The lowest BCUT2D eigenvalue weighted by Gasteiger charge is -2.23. The summed E-state index contributed by atoms with van der Waals surface area (Å²) >= 11 is 0. The lowest BCUT2D eigenvalue weighted by Crippen LogP contribution is -2.41. The first kappa shape index (κ1) is 14.0. The van der Waals surface area contributed by atoms with Gasteiger partial charge in [-0.3, -0.25) is 4.79 Å². The van der Waals surface area contributed by atoms with Crippen LogP contribution in [-0.2, 0) is 11.3 Å². The molecule has 6 nitrogen and oxygen atoms in total. The van der Waals surface area contributed by atoms with Crippen molar-refractivity contribution >= 4 is 5.91 Å². The molecule has 1 saturated carbocycles. The zero-order chi connectivity index (χ0) is 13.7. The van der Waals surface area contributed by atoms with Crippen LogP contribution in [0.5, 0.6) is 0 Å². The van der Waals surface area contributed by atoms with Gasteiger partial charge in [-0.05, 0) is 19.3 Å². The highest BCUT2D eigenvalue weighted by Crippen LogP contribution is 2.26. The molecule has 2 rings (SSSR count). The molecule has 106 valence electrons. The molecule has 0 spiro atoms. The topological polar surface area (TPSA) is 94.0 Å². The van der Waals surface area contributed by atoms with Gasteiger partial charge in [-0.1, -0.05) is 37.3 Å². The maximum absolute atomic E-state index is 11.9. The van der Waals surface area contributed by atoms with Gasteiger partial charge in [0.1, 0.15) is 0 Å². The van der Waals surface area contributed by atoms with Crippen LogP contribution in [0, 0.1) is 12.8 Å². The van der Waals surface area contributed by atoms with E-state index in [-0.39, 0.29) is 12.5 Å². The van der Waals surface area contributed by atoms with Crippen molar-refractivity contribution in [3.8, 4) is 0 Å².